The first-order valence-electron chi connectivity index (χ1n) is 7.94. The molecule has 0 atom stereocenters. The van der Waals surface area contributed by atoms with Crippen molar-refractivity contribution in [3.05, 3.63) is 27.7 Å². The van der Waals surface area contributed by atoms with Gasteiger partial charge in [-0.2, -0.15) is 5.10 Å². The number of nitrogens with one attached hydrogen (secondary N) is 2. The number of nitrogens with zero attached hydrogens (tertiary/aromatic N) is 2. The molecule has 0 saturated carbocycles. The summed E-state index contributed by atoms with van der Waals surface area (Å²) in [5, 5.41) is 10.1. The second kappa shape index (κ2) is 6.91. The Labute approximate surface area is 129 Å². The van der Waals surface area contributed by atoms with Crippen LogP contribution in [0.5, 0.6) is 0 Å². The van der Waals surface area contributed by atoms with E-state index in [9.17, 15) is 9.59 Å². The number of hydrogen-bond donors (Lipinski definition) is 2. The lowest BCUT2D eigenvalue weighted by molar-refractivity contribution is 0.0801. The summed E-state index contributed by atoms with van der Waals surface area (Å²) >= 11 is 0. The van der Waals surface area contributed by atoms with Gasteiger partial charge in [-0.1, -0.05) is 0 Å². The first kappa shape index (κ1) is 15.0. The van der Waals surface area contributed by atoms with Crippen LogP contribution in [-0.4, -0.2) is 41.6 Å². The number of carbonyl (C=O) groups is 1. The molecule has 2 aliphatic rings. The Morgan fingerprint density at radius 3 is 3.00 bits per heavy atom. The number of aromatic nitrogens is 2. The van der Waals surface area contributed by atoms with E-state index in [0.717, 1.165) is 43.4 Å². The quantitative estimate of drug-likeness (QED) is 0.833. The highest BCUT2D eigenvalue weighted by Crippen LogP contribution is 2.16. The molecule has 2 N–H and O–H groups in total. The van der Waals surface area contributed by atoms with Crippen LogP contribution in [0, 0.1) is 0 Å². The van der Waals surface area contributed by atoms with Crippen LogP contribution in [-0.2, 0) is 24.1 Å². The molecule has 0 bridgehead atoms. The monoisotopic (exact) mass is 306 g/mol. The largest absolute Gasteiger partial charge is 0.381 e. The Hall–Kier alpha value is -1.89. The zero-order valence-electron chi connectivity index (χ0n) is 12.6. The van der Waals surface area contributed by atoms with Crippen LogP contribution >= 0.6 is 0 Å². The topological polar surface area (TPSA) is 85.2 Å². The lowest BCUT2D eigenvalue weighted by Crippen LogP contribution is -2.45. The summed E-state index contributed by atoms with van der Waals surface area (Å²) < 4.78 is 6.70. The van der Waals surface area contributed by atoms with Crippen LogP contribution in [0.4, 0.5) is 4.79 Å². The van der Waals surface area contributed by atoms with Crippen molar-refractivity contribution in [3.8, 4) is 0 Å². The molecule has 0 aromatic carbocycles. The van der Waals surface area contributed by atoms with Gasteiger partial charge < -0.3 is 15.4 Å². The van der Waals surface area contributed by atoms with Crippen LogP contribution in [0.2, 0.25) is 0 Å². The van der Waals surface area contributed by atoms with Crippen LogP contribution in [0.3, 0.4) is 0 Å². The minimum atomic E-state index is -0.193. The van der Waals surface area contributed by atoms with Crippen LogP contribution in [0.25, 0.3) is 0 Å². The van der Waals surface area contributed by atoms with E-state index in [2.05, 4.69) is 15.7 Å². The maximum absolute atomic E-state index is 11.9. The van der Waals surface area contributed by atoms with Gasteiger partial charge in [-0.05, 0) is 37.7 Å². The zero-order chi connectivity index (χ0) is 15.4. The SMILES string of the molecule is O=C(NCCn1nc2c(cc1=O)CCC2)NC1CCOCC1. The van der Waals surface area contributed by atoms with Crippen molar-refractivity contribution in [2.75, 3.05) is 19.8 Å². The van der Waals surface area contributed by atoms with E-state index in [1.54, 1.807) is 6.07 Å². The predicted molar refractivity (Wildman–Crippen MR) is 80.9 cm³/mol. The maximum Gasteiger partial charge on any atom is 0.315 e. The molecule has 1 saturated heterocycles. The zero-order valence-corrected chi connectivity index (χ0v) is 12.6. The van der Waals surface area contributed by atoms with Gasteiger partial charge in [-0.3, -0.25) is 4.79 Å². The highest BCUT2D eigenvalue weighted by Gasteiger charge is 2.16. The molecule has 120 valence electrons. The molecule has 1 aliphatic heterocycles. The molecule has 1 aromatic heterocycles. The Morgan fingerprint density at radius 2 is 2.18 bits per heavy atom. The molecule has 22 heavy (non-hydrogen) atoms. The highest BCUT2D eigenvalue weighted by atomic mass is 16.5. The van der Waals surface area contributed by atoms with Gasteiger partial charge in [0.25, 0.3) is 5.56 Å². The average molecular weight is 306 g/mol. The van der Waals surface area contributed by atoms with Gasteiger partial charge in [0.1, 0.15) is 0 Å². The predicted octanol–water partition coefficient (Wildman–Crippen LogP) is 0.210. The number of rotatable bonds is 4. The van der Waals surface area contributed by atoms with Crippen molar-refractivity contribution < 1.29 is 9.53 Å². The Morgan fingerprint density at radius 1 is 1.36 bits per heavy atom. The lowest BCUT2D eigenvalue weighted by Gasteiger charge is -2.23. The molecule has 0 spiro atoms. The summed E-state index contributed by atoms with van der Waals surface area (Å²) in [6, 6.07) is 1.66. The molecule has 1 aromatic rings. The van der Waals surface area contributed by atoms with Gasteiger partial charge >= 0.3 is 6.03 Å². The van der Waals surface area contributed by atoms with E-state index in [-0.39, 0.29) is 17.6 Å². The van der Waals surface area contributed by atoms with Crippen LogP contribution < -0.4 is 16.2 Å². The summed E-state index contributed by atoms with van der Waals surface area (Å²) in [5.41, 5.74) is 2.00. The molecule has 0 radical (unpaired) electrons. The molecule has 7 nitrogen and oxygen atoms in total. The van der Waals surface area contributed by atoms with Gasteiger partial charge in [-0.25, -0.2) is 9.48 Å². The molecule has 1 aliphatic carbocycles. The average Bonchev–Trinajstić information content (AvgIpc) is 2.95. The molecule has 3 rings (SSSR count). The Bertz CT molecular complexity index is 593. The summed E-state index contributed by atoms with van der Waals surface area (Å²) in [7, 11) is 0. The van der Waals surface area contributed by atoms with Crippen LogP contribution in [0.1, 0.15) is 30.5 Å². The van der Waals surface area contributed by atoms with Crippen molar-refractivity contribution in [1.82, 2.24) is 20.4 Å². The number of carbonyl (C=O) groups excluding carboxylic acids is 1. The third kappa shape index (κ3) is 3.65. The standard InChI is InChI=1S/C15H22N4O3/c20-14-10-11-2-1-3-13(11)18-19(14)7-6-16-15(21)17-12-4-8-22-9-5-12/h10,12H,1-9H2,(H2,16,17,21). The van der Waals surface area contributed by atoms with Gasteiger partial charge in [0, 0.05) is 31.9 Å². The van der Waals surface area contributed by atoms with Gasteiger partial charge in [-0.15, -0.1) is 0 Å². The number of aryl methyl sites for hydroxylation is 2. The van der Waals surface area contributed by atoms with E-state index < -0.39 is 0 Å². The van der Waals surface area contributed by atoms with E-state index in [1.165, 1.54) is 4.68 Å². The Balaban J connectivity index is 1.46. The van der Waals surface area contributed by atoms with Gasteiger partial charge in [0.15, 0.2) is 0 Å². The second-order valence-electron chi connectivity index (χ2n) is 5.82. The molecular weight excluding hydrogens is 284 g/mol. The fraction of sp³-hybridized carbons (Fsp3) is 0.667. The van der Waals surface area contributed by atoms with Crippen molar-refractivity contribution in [1.29, 1.82) is 0 Å². The van der Waals surface area contributed by atoms with Crippen molar-refractivity contribution >= 4 is 6.03 Å². The third-order valence-electron chi connectivity index (χ3n) is 4.19. The van der Waals surface area contributed by atoms with E-state index >= 15 is 0 Å². The summed E-state index contributed by atoms with van der Waals surface area (Å²) in [6.45, 7) is 2.17. The number of amides is 2. The van der Waals surface area contributed by atoms with E-state index in [1.807, 2.05) is 0 Å². The summed E-state index contributed by atoms with van der Waals surface area (Å²) in [4.78, 5) is 23.7. The van der Waals surface area contributed by atoms with Crippen molar-refractivity contribution in [2.45, 2.75) is 44.7 Å². The minimum absolute atomic E-state index is 0.0905. The van der Waals surface area contributed by atoms with Crippen molar-refractivity contribution in [3.63, 3.8) is 0 Å². The maximum atomic E-state index is 11.9. The van der Waals surface area contributed by atoms with Crippen LogP contribution in [0.15, 0.2) is 10.9 Å². The fourth-order valence-electron chi connectivity index (χ4n) is 2.95. The van der Waals surface area contributed by atoms with Gasteiger partial charge in [0.2, 0.25) is 0 Å². The molecule has 2 amide bonds. The molecule has 0 unspecified atom stereocenters. The fourth-order valence-corrected chi connectivity index (χ4v) is 2.95. The number of urea groups is 1. The number of fused-ring (bicyclic) bond motifs is 1. The first-order chi connectivity index (χ1) is 10.7. The smallest absolute Gasteiger partial charge is 0.315 e. The van der Waals surface area contributed by atoms with Gasteiger partial charge in [0.05, 0.1) is 12.2 Å². The third-order valence-corrected chi connectivity index (χ3v) is 4.19. The summed E-state index contributed by atoms with van der Waals surface area (Å²) in [6.07, 6.45) is 4.65. The minimum Gasteiger partial charge on any atom is -0.381 e. The normalized spacial score (nSPS) is 18.0. The number of hydrogen-bond acceptors (Lipinski definition) is 4. The molecule has 7 heteroatoms. The highest BCUT2D eigenvalue weighted by molar-refractivity contribution is 5.74. The molecular formula is C15H22N4O3. The summed E-state index contributed by atoms with van der Waals surface area (Å²) in [5.74, 6) is 0. The Kier molecular flexibility index (Phi) is 4.72. The molecule has 2 heterocycles. The first-order valence-corrected chi connectivity index (χ1v) is 7.94. The van der Waals surface area contributed by atoms with E-state index in [4.69, 9.17) is 4.74 Å². The van der Waals surface area contributed by atoms with E-state index in [0.29, 0.717) is 26.3 Å². The second-order valence-corrected chi connectivity index (χ2v) is 5.82. The number of ether oxygens (including phenoxy) is 1. The lowest BCUT2D eigenvalue weighted by atomic mass is 10.1. The molecule has 1 fully saturated rings. The van der Waals surface area contributed by atoms with Crippen molar-refractivity contribution in [2.24, 2.45) is 0 Å².